The van der Waals surface area contributed by atoms with E-state index in [2.05, 4.69) is 20.3 Å². The molecule has 0 bridgehead atoms. The Morgan fingerprint density at radius 3 is 2.14 bits per heavy atom. The van der Waals surface area contributed by atoms with Gasteiger partial charge in [-0.05, 0) is 57.9 Å². The number of benzene rings is 2. The molecule has 0 spiro atoms. The smallest absolute Gasteiger partial charge is 0.407 e. The standard InChI is InChI=1S/C30H41ClN4O8S/c1-30(2,3)43-29(37)33-13-7-15-41-17-19-42-18-16-40-14-6-12-32-28(36)22-8-4-9-23(20-22)44(38,39)35-26-11-5-10-24-25(31)21-34-27(24)26/h4-5,8-11,20-21,34-35H,6-7,12-19H2,1-3H3,(H,32,36)(H,33,37). The molecule has 2 amide bonds. The lowest BCUT2D eigenvalue weighted by Crippen LogP contribution is -2.33. The molecule has 3 rings (SSSR count). The van der Waals surface area contributed by atoms with Crippen LogP contribution in [0.4, 0.5) is 10.5 Å². The number of nitrogens with one attached hydrogen (secondary N) is 4. The zero-order valence-electron chi connectivity index (χ0n) is 25.2. The number of rotatable bonds is 18. The highest BCUT2D eigenvalue weighted by molar-refractivity contribution is 7.92. The van der Waals surface area contributed by atoms with E-state index in [4.69, 9.17) is 30.5 Å². The molecule has 44 heavy (non-hydrogen) atoms. The number of carbonyl (C=O) groups is 2. The zero-order chi connectivity index (χ0) is 32.0. The second kappa shape index (κ2) is 17.2. The maximum Gasteiger partial charge on any atom is 0.407 e. The van der Waals surface area contributed by atoms with Crippen LogP contribution >= 0.6 is 11.6 Å². The molecule has 0 fully saturated rings. The van der Waals surface area contributed by atoms with E-state index in [0.29, 0.717) is 87.2 Å². The van der Waals surface area contributed by atoms with Gasteiger partial charge in [0.15, 0.2) is 0 Å². The SMILES string of the molecule is CC(C)(C)OC(=O)NCCCOCCOCCOCCCNC(=O)c1cccc(S(=O)(=O)Nc2cccc3c(Cl)c[nH]c23)c1. The van der Waals surface area contributed by atoms with Gasteiger partial charge in [-0.15, -0.1) is 0 Å². The number of ether oxygens (including phenoxy) is 4. The number of hydrogen-bond donors (Lipinski definition) is 4. The number of para-hydroxylation sites is 1. The van der Waals surface area contributed by atoms with E-state index in [-0.39, 0.29) is 16.4 Å². The van der Waals surface area contributed by atoms with E-state index < -0.39 is 21.7 Å². The highest BCUT2D eigenvalue weighted by Crippen LogP contribution is 2.30. The minimum atomic E-state index is -3.96. The lowest BCUT2D eigenvalue weighted by Gasteiger charge is -2.19. The molecule has 12 nitrogen and oxygen atoms in total. The van der Waals surface area contributed by atoms with Crippen LogP contribution in [0.25, 0.3) is 10.9 Å². The van der Waals surface area contributed by atoms with Gasteiger partial charge in [0.25, 0.3) is 15.9 Å². The van der Waals surface area contributed by atoms with E-state index in [1.165, 1.54) is 18.2 Å². The van der Waals surface area contributed by atoms with Crippen LogP contribution in [-0.2, 0) is 29.0 Å². The maximum absolute atomic E-state index is 13.0. The fourth-order valence-electron chi connectivity index (χ4n) is 3.91. The Morgan fingerprint density at radius 1 is 0.864 bits per heavy atom. The Kier molecular flexibility index (Phi) is 13.7. The number of amides is 2. The average molecular weight is 653 g/mol. The third kappa shape index (κ3) is 12.0. The molecular weight excluding hydrogens is 612 g/mol. The van der Waals surface area contributed by atoms with Gasteiger partial charge in [0.1, 0.15) is 5.60 Å². The molecule has 0 aliphatic carbocycles. The molecule has 0 unspecified atom stereocenters. The van der Waals surface area contributed by atoms with Crippen LogP contribution < -0.4 is 15.4 Å². The summed E-state index contributed by atoms with van der Waals surface area (Å²) in [5, 5.41) is 6.63. The summed E-state index contributed by atoms with van der Waals surface area (Å²) in [6.45, 7) is 8.88. The minimum Gasteiger partial charge on any atom is -0.444 e. The number of fused-ring (bicyclic) bond motifs is 1. The first-order valence-electron chi connectivity index (χ1n) is 14.3. The Bertz CT molecular complexity index is 1470. The quantitative estimate of drug-likeness (QED) is 0.144. The molecule has 4 N–H and O–H groups in total. The predicted molar refractivity (Wildman–Crippen MR) is 169 cm³/mol. The summed E-state index contributed by atoms with van der Waals surface area (Å²) in [5.41, 5.74) is 0.625. The number of hydrogen-bond acceptors (Lipinski definition) is 8. The predicted octanol–water partition coefficient (Wildman–Crippen LogP) is 4.71. The molecule has 14 heteroatoms. The third-order valence-electron chi connectivity index (χ3n) is 5.94. The first kappa shape index (κ1) is 35.1. The monoisotopic (exact) mass is 652 g/mol. The second-order valence-corrected chi connectivity index (χ2v) is 12.8. The number of sulfonamides is 1. The number of H-pyrrole nitrogens is 1. The summed E-state index contributed by atoms with van der Waals surface area (Å²) in [7, 11) is -3.96. The van der Waals surface area contributed by atoms with E-state index in [1.54, 1.807) is 30.5 Å². The van der Waals surface area contributed by atoms with E-state index in [9.17, 15) is 18.0 Å². The highest BCUT2D eigenvalue weighted by atomic mass is 35.5. The topological polar surface area (TPSA) is 157 Å². The third-order valence-corrected chi connectivity index (χ3v) is 7.62. The zero-order valence-corrected chi connectivity index (χ0v) is 26.8. The van der Waals surface area contributed by atoms with E-state index in [0.717, 1.165) is 0 Å². The van der Waals surface area contributed by atoms with Crippen molar-refractivity contribution < 1.29 is 37.0 Å². The van der Waals surface area contributed by atoms with Crippen LogP contribution in [0, 0.1) is 0 Å². The van der Waals surface area contributed by atoms with Gasteiger partial charge in [0.05, 0.1) is 47.5 Å². The summed E-state index contributed by atoms with van der Waals surface area (Å²) in [6.07, 6.45) is 2.39. The van der Waals surface area contributed by atoms with Crippen LogP contribution in [0.3, 0.4) is 0 Å². The number of aromatic amines is 1. The summed E-state index contributed by atoms with van der Waals surface area (Å²) in [5.74, 6) is -0.385. The van der Waals surface area contributed by atoms with Gasteiger partial charge in [-0.1, -0.05) is 29.8 Å². The number of carbonyl (C=O) groups excluding carboxylic acids is 2. The van der Waals surface area contributed by atoms with Gasteiger partial charge < -0.3 is 34.6 Å². The largest absolute Gasteiger partial charge is 0.444 e. The fourth-order valence-corrected chi connectivity index (χ4v) is 5.24. The molecule has 0 aliphatic rings. The van der Waals surface area contributed by atoms with Crippen molar-refractivity contribution in [1.82, 2.24) is 15.6 Å². The van der Waals surface area contributed by atoms with Gasteiger partial charge >= 0.3 is 6.09 Å². The molecule has 0 atom stereocenters. The number of halogens is 1. The van der Waals surface area contributed by atoms with E-state index in [1.807, 2.05) is 20.8 Å². The summed E-state index contributed by atoms with van der Waals surface area (Å²) < 4.78 is 50.2. The van der Waals surface area contributed by atoms with Crippen LogP contribution in [0.1, 0.15) is 44.0 Å². The van der Waals surface area contributed by atoms with Crippen LogP contribution in [0.15, 0.2) is 53.6 Å². The van der Waals surface area contributed by atoms with Crippen molar-refractivity contribution in [2.75, 3.05) is 57.5 Å². The number of aromatic nitrogens is 1. The Hall–Kier alpha value is -3.36. The average Bonchev–Trinajstić information content (AvgIpc) is 3.35. The molecule has 0 saturated heterocycles. The Labute approximate surface area is 263 Å². The molecule has 0 saturated carbocycles. The lowest BCUT2D eigenvalue weighted by atomic mass is 10.2. The molecule has 242 valence electrons. The molecule has 1 heterocycles. The fraction of sp³-hybridized carbons (Fsp3) is 0.467. The van der Waals surface area contributed by atoms with Crippen molar-refractivity contribution in [3.63, 3.8) is 0 Å². The summed E-state index contributed by atoms with van der Waals surface area (Å²) >= 11 is 6.14. The van der Waals surface area contributed by atoms with Crippen molar-refractivity contribution in [3.8, 4) is 0 Å². The van der Waals surface area contributed by atoms with Crippen molar-refractivity contribution in [2.45, 2.75) is 44.1 Å². The van der Waals surface area contributed by atoms with Crippen molar-refractivity contribution >= 4 is 50.2 Å². The van der Waals surface area contributed by atoms with Crippen LogP contribution in [0.5, 0.6) is 0 Å². The second-order valence-electron chi connectivity index (χ2n) is 10.7. The van der Waals surface area contributed by atoms with Gasteiger partial charge in [0, 0.05) is 43.4 Å². The first-order chi connectivity index (χ1) is 21.0. The van der Waals surface area contributed by atoms with Gasteiger partial charge in [0.2, 0.25) is 0 Å². The normalized spacial score (nSPS) is 11.8. The molecule has 0 radical (unpaired) electrons. The van der Waals surface area contributed by atoms with Gasteiger partial charge in [-0.3, -0.25) is 9.52 Å². The molecule has 2 aromatic carbocycles. The summed E-state index contributed by atoms with van der Waals surface area (Å²) in [4.78, 5) is 27.1. The molecule has 1 aromatic heterocycles. The van der Waals surface area contributed by atoms with Crippen LogP contribution in [0.2, 0.25) is 5.02 Å². The van der Waals surface area contributed by atoms with Crippen LogP contribution in [-0.4, -0.2) is 83.7 Å². The Balaban J connectivity index is 1.24. The van der Waals surface area contributed by atoms with Crippen molar-refractivity contribution in [1.29, 1.82) is 0 Å². The van der Waals surface area contributed by atoms with Crippen molar-refractivity contribution in [3.05, 3.63) is 59.2 Å². The van der Waals surface area contributed by atoms with Gasteiger partial charge in [-0.2, -0.15) is 0 Å². The molecule has 0 aliphatic heterocycles. The van der Waals surface area contributed by atoms with Gasteiger partial charge in [-0.25, -0.2) is 13.2 Å². The first-order valence-corrected chi connectivity index (χ1v) is 16.2. The van der Waals surface area contributed by atoms with E-state index >= 15 is 0 Å². The molecule has 3 aromatic rings. The lowest BCUT2D eigenvalue weighted by molar-refractivity contribution is 0.0136. The summed E-state index contributed by atoms with van der Waals surface area (Å²) in [6, 6.07) is 11.0. The highest BCUT2D eigenvalue weighted by Gasteiger charge is 2.19. The number of anilines is 1. The number of alkyl carbamates (subject to hydrolysis) is 1. The molecular formula is C30H41ClN4O8S. The minimum absolute atomic E-state index is 0.0382. The Morgan fingerprint density at radius 2 is 1.48 bits per heavy atom. The van der Waals surface area contributed by atoms with Crippen molar-refractivity contribution in [2.24, 2.45) is 0 Å². The maximum atomic E-state index is 13.0.